The van der Waals surface area contributed by atoms with Crippen LogP contribution in [0.4, 0.5) is 0 Å². The van der Waals surface area contributed by atoms with Gasteiger partial charge in [0.05, 0.1) is 10.4 Å². The van der Waals surface area contributed by atoms with Gasteiger partial charge in [-0.05, 0) is 43.1 Å². The first-order valence-corrected chi connectivity index (χ1v) is 7.46. The zero-order chi connectivity index (χ0) is 13.7. The summed E-state index contributed by atoms with van der Waals surface area (Å²) in [6, 6.07) is 14.8. The lowest BCUT2D eigenvalue weighted by molar-refractivity contribution is 1.30. The Labute approximate surface area is 121 Å². The third-order valence-corrected chi connectivity index (χ3v) is 4.66. The molecule has 3 heteroatoms. The maximum absolute atomic E-state index is 4.71. The van der Waals surface area contributed by atoms with Crippen molar-refractivity contribution in [1.29, 1.82) is 0 Å². The highest BCUT2D eigenvalue weighted by Gasteiger charge is 2.17. The predicted molar refractivity (Wildman–Crippen MR) is 86.4 cm³/mol. The summed E-state index contributed by atoms with van der Waals surface area (Å²) in [5, 5.41) is 2.53. The number of aromatic nitrogens is 2. The fourth-order valence-corrected chi connectivity index (χ4v) is 3.70. The molecule has 0 amide bonds. The largest absolute Gasteiger partial charge is 0.358 e. The Balaban J connectivity index is 2.15. The van der Waals surface area contributed by atoms with Gasteiger partial charge in [0.25, 0.3) is 0 Å². The summed E-state index contributed by atoms with van der Waals surface area (Å²) < 4.78 is 5.95. The molecule has 20 heavy (non-hydrogen) atoms. The quantitative estimate of drug-likeness (QED) is 0.518. The van der Waals surface area contributed by atoms with E-state index >= 15 is 0 Å². The summed E-state index contributed by atoms with van der Waals surface area (Å²) in [5.74, 6) is 0. The van der Waals surface area contributed by atoms with Crippen molar-refractivity contribution < 1.29 is 0 Å². The number of nitrogens with one attached hydrogen (secondary N) is 1. The average Bonchev–Trinajstić information content (AvgIpc) is 3.00. The van der Waals surface area contributed by atoms with Crippen LogP contribution in [0.15, 0.2) is 42.5 Å². The van der Waals surface area contributed by atoms with Gasteiger partial charge in [0.2, 0.25) is 0 Å². The number of hydrogen-bond donors (Lipinski definition) is 1. The van der Waals surface area contributed by atoms with Crippen molar-refractivity contribution in [1.82, 2.24) is 9.36 Å². The number of benzene rings is 2. The molecule has 2 nitrogen and oxygen atoms in total. The van der Waals surface area contributed by atoms with E-state index < -0.39 is 0 Å². The van der Waals surface area contributed by atoms with Gasteiger partial charge < -0.3 is 4.98 Å². The lowest BCUT2D eigenvalue weighted by Crippen LogP contribution is -1.82. The van der Waals surface area contributed by atoms with Gasteiger partial charge in [-0.15, -0.1) is 0 Å². The van der Waals surface area contributed by atoms with Crippen molar-refractivity contribution in [2.45, 2.75) is 13.8 Å². The molecule has 98 valence electrons. The number of nitrogens with zero attached hydrogens (tertiary/aromatic N) is 1. The summed E-state index contributed by atoms with van der Waals surface area (Å²) in [6.45, 7) is 4.29. The zero-order valence-corrected chi connectivity index (χ0v) is 12.2. The molecule has 2 aromatic carbocycles. The summed E-state index contributed by atoms with van der Waals surface area (Å²) in [7, 11) is 0. The standard InChI is InChI=1S/C17H14N2S/c1-10-6-5-8-13-15(10)16(11(2)18-13)17-12-7-3-4-9-14(12)20-19-17/h3-9,18H,1-2H3. The molecular weight excluding hydrogens is 264 g/mol. The number of rotatable bonds is 1. The highest BCUT2D eigenvalue weighted by Crippen LogP contribution is 2.38. The van der Waals surface area contributed by atoms with E-state index in [1.54, 1.807) is 11.5 Å². The molecule has 2 heterocycles. The van der Waals surface area contributed by atoms with E-state index in [4.69, 9.17) is 4.37 Å². The molecule has 0 aliphatic rings. The minimum absolute atomic E-state index is 1.10. The third-order valence-electron chi connectivity index (χ3n) is 3.83. The second-order valence-electron chi connectivity index (χ2n) is 5.15. The summed E-state index contributed by atoms with van der Waals surface area (Å²) in [5.41, 5.74) is 6.01. The molecule has 4 aromatic rings. The van der Waals surface area contributed by atoms with E-state index in [1.807, 2.05) is 0 Å². The van der Waals surface area contributed by atoms with Crippen molar-refractivity contribution in [3.8, 4) is 11.3 Å². The molecule has 0 fully saturated rings. The molecule has 0 spiro atoms. The van der Waals surface area contributed by atoms with E-state index in [2.05, 4.69) is 61.3 Å². The smallest absolute Gasteiger partial charge is 0.0943 e. The van der Waals surface area contributed by atoms with Gasteiger partial charge in [-0.1, -0.05) is 30.3 Å². The second-order valence-corrected chi connectivity index (χ2v) is 5.95. The second kappa shape index (κ2) is 4.18. The van der Waals surface area contributed by atoms with E-state index in [9.17, 15) is 0 Å². The van der Waals surface area contributed by atoms with Crippen LogP contribution < -0.4 is 0 Å². The van der Waals surface area contributed by atoms with Crippen LogP contribution in [0.1, 0.15) is 11.3 Å². The van der Waals surface area contributed by atoms with E-state index in [-0.39, 0.29) is 0 Å². The number of H-pyrrole nitrogens is 1. The van der Waals surface area contributed by atoms with Crippen LogP contribution >= 0.6 is 11.5 Å². The van der Waals surface area contributed by atoms with Crippen molar-refractivity contribution in [2.24, 2.45) is 0 Å². The van der Waals surface area contributed by atoms with Gasteiger partial charge in [0, 0.05) is 27.5 Å². The minimum atomic E-state index is 1.10. The molecule has 0 radical (unpaired) electrons. The molecule has 0 aliphatic carbocycles. The van der Waals surface area contributed by atoms with E-state index in [0.29, 0.717) is 0 Å². The van der Waals surface area contributed by atoms with Gasteiger partial charge in [-0.2, -0.15) is 4.37 Å². The Morgan fingerprint density at radius 3 is 2.75 bits per heavy atom. The van der Waals surface area contributed by atoms with E-state index in [0.717, 1.165) is 5.69 Å². The maximum atomic E-state index is 4.71. The lowest BCUT2D eigenvalue weighted by Gasteiger charge is -2.01. The summed E-state index contributed by atoms with van der Waals surface area (Å²) >= 11 is 1.57. The Hall–Kier alpha value is -2.13. The van der Waals surface area contributed by atoms with Gasteiger partial charge in [-0.25, -0.2) is 0 Å². The van der Waals surface area contributed by atoms with Crippen LogP contribution in [0.5, 0.6) is 0 Å². The third kappa shape index (κ3) is 1.53. The predicted octanol–water partition coefficient (Wildman–Crippen LogP) is 5.06. The molecule has 0 bridgehead atoms. The van der Waals surface area contributed by atoms with Gasteiger partial charge in [-0.3, -0.25) is 0 Å². The van der Waals surface area contributed by atoms with Crippen molar-refractivity contribution in [3.05, 3.63) is 53.7 Å². The Morgan fingerprint density at radius 2 is 1.85 bits per heavy atom. The first-order chi connectivity index (χ1) is 9.75. The number of fused-ring (bicyclic) bond motifs is 2. The highest BCUT2D eigenvalue weighted by atomic mass is 32.1. The Kier molecular flexibility index (Phi) is 2.44. The molecular formula is C17H14N2S. The van der Waals surface area contributed by atoms with Crippen molar-refractivity contribution in [2.75, 3.05) is 0 Å². The average molecular weight is 278 g/mol. The Bertz CT molecular complexity index is 931. The van der Waals surface area contributed by atoms with Crippen LogP contribution in [-0.2, 0) is 0 Å². The van der Waals surface area contributed by atoms with Crippen LogP contribution in [0.3, 0.4) is 0 Å². The van der Waals surface area contributed by atoms with Crippen LogP contribution in [0.2, 0.25) is 0 Å². The fourth-order valence-electron chi connectivity index (χ4n) is 2.92. The first kappa shape index (κ1) is 11.7. The molecule has 0 saturated carbocycles. The summed E-state index contributed by atoms with van der Waals surface area (Å²) in [4.78, 5) is 3.49. The zero-order valence-electron chi connectivity index (χ0n) is 11.4. The lowest BCUT2D eigenvalue weighted by atomic mass is 10.0. The molecule has 0 aliphatic heterocycles. The van der Waals surface area contributed by atoms with Gasteiger partial charge in [0.15, 0.2) is 0 Å². The summed E-state index contributed by atoms with van der Waals surface area (Å²) in [6.07, 6.45) is 0. The van der Waals surface area contributed by atoms with Gasteiger partial charge >= 0.3 is 0 Å². The fraction of sp³-hybridized carbons (Fsp3) is 0.118. The first-order valence-electron chi connectivity index (χ1n) is 6.68. The highest BCUT2D eigenvalue weighted by molar-refractivity contribution is 7.13. The minimum Gasteiger partial charge on any atom is -0.358 e. The molecule has 0 saturated heterocycles. The van der Waals surface area contributed by atoms with Gasteiger partial charge in [0.1, 0.15) is 0 Å². The normalized spacial score (nSPS) is 11.5. The SMILES string of the molecule is Cc1[nH]c2cccc(C)c2c1-c1nsc2ccccc12. The number of hydrogen-bond acceptors (Lipinski definition) is 2. The van der Waals surface area contributed by atoms with Crippen LogP contribution in [0.25, 0.3) is 32.2 Å². The molecule has 0 unspecified atom stereocenters. The van der Waals surface area contributed by atoms with Crippen molar-refractivity contribution >= 4 is 32.5 Å². The molecule has 4 rings (SSSR count). The molecule has 2 aromatic heterocycles. The molecule has 1 N–H and O–H groups in total. The van der Waals surface area contributed by atoms with Crippen LogP contribution in [0, 0.1) is 13.8 Å². The monoisotopic (exact) mass is 278 g/mol. The number of aromatic amines is 1. The maximum Gasteiger partial charge on any atom is 0.0943 e. The number of aryl methyl sites for hydroxylation is 2. The Morgan fingerprint density at radius 1 is 1.00 bits per heavy atom. The van der Waals surface area contributed by atoms with Crippen molar-refractivity contribution in [3.63, 3.8) is 0 Å². The van der Waals surface area contributed by atoms with E-state index in [1.165, 1.54) is 37.8 Å². The van der Waals surface area contributed by atoms with Crippen LogP contribution in [-0.4, -0.2) is 9.36 Å². The topological polar surface area (TPSA) is 28.7 Å². The molecule has 0 atom stereocenters.